The Morgan fingerprint density at radius 1 is 0.735 bits per heavy atom. The van der Waals surface area contributed by atoms with Gasteiger partial charge in [0.25, 0.3) is 6.26 Å². The second-order valence-corrected chi connectivity index (χ2v) is 6.06. The van der Waals surface area contributed by atoms with Crippen LogP contribution in [0.4, 0.5) is 5.69 Å². The molecule has 0 atom stereocenters. The maximum Gasteiger partial charge on any atom is 0.344 e. The smallest absolute Gasteiger partial charge is 0.344 e. The van der Waals surface area contributed by atoms with Gasteiger partial charge in [-0.3, -0.25) is 0 Å². The fourth-order valence-electron chi connectivity index (χ4n) is 2.25. The molecule has 12 heteroatoms. The second-order valence-electron chi connectivity index (χ2n) is 6.06. The van der Waals surface area contributed by atoms with Crippen LogP contribution < -0.4 is 4.74 Å². The normalized spacial score (nSPS) is 9.50. The van der Waals surface area contributed by atoms with Crippen molar-refractivity contribution in [2.24, 2.45) is 4.99 Å². The molecule has 0 amide bonds. The van der Waals surface area contributed by atoms with Gasteiger partial charge in [0.1, 0.15) is 19.0 Å². The van der Waals surface area contributed by atoms with Gasteiger partial charge in [0.05, 0.1) is 16.8 Å². The van der Waals surface area contributed by atoms with Gasteiger partial charge < -0.3 is 23.7 Å². The molecule has 0 aromatic heterocycles. The van der Waals surface area contributed by atoms with Gasteiger partial charge in [-0.2, -0.15) is 4.99 Å². The van der Waals surface area contributed by atoms with Crippen LogP contribution in [-0.2, 0) is 33.3 Å². The minimum atomic E-state index is -0.873. The number of hydrogen-bond acceptors (Lipinski definition) is 12. The number of isocyanates is 1. The molecule has 0 aliphatic rings. The predicted molar refractivity (Wildman–Crippen MR) is 109 cm³/mol. The topological polar surface area (TPSA) is 168 Å². The maximum absolute atomic E-state index is 11.8. The number of benzene rings is 2. The van der Waals surface area contributed by atoms with E-state index >= 15 is 0 Å². The van der Waals surface area contributed by atoms with E-state index in [2.05, 4.69) is 9.73 Å². The summed E-state index contributed by atoms with van der Waals surface area (Å²) in [5, 5.41) is 8.40. The van der Waals surface area contributed by atoms with E-state index < -0.39 is 37.1 Å². The van der Waals surface area contributed by atoms with E-state index in [1.165, 1.54) is 60.9 Å². The quantitative estimate of drug-likeness (QED) is 0.117. The highest BCUT2D eigenvalue weighted by Crippen LogP contribution is 2.13. The Balaban J connectivity index is 1.60. The summed E-state index contributed by atoms with van der Waals surface area (Å²) in [4.78, 5) is 60.4. The highest BCUT2D eigenvalue weighted by atomic mass is 16.6. The first-order valence-electron chi connectivity index (χ1n) is 9.42. The van der Waals surface area contributed by atoms with Gasteiger partial charge in [-0.05, 0) is 48.5 Å². The zero-order valence-corrected chi connectivity index (χ0v) is 17.4. The first-order valence-corrected chi connectivity index (χ1v) is 9.42. The van der Waals surface area contributed by atoms with E-state index in [-0.39, 0.29) is 30.1 Å². The molecule has 174 valence electrons. The van der Waals surface area contributed by atoms with Crippen LogP contribution >= 0.6 is 0 Å². The number of nitriles is 1. The van der Waals surface area contributed by atoms with E-state index in [4.69, 9.17) is 24.2 Å². The van der Waals surface area contributed by atoms with Gasteiger partial charge in [0, 0.05) is 0 Å². The molecule has 2 aromatic carbocycles. The Morgan fingerprint density at radius 2 is 1.21 bits per heavy atom. The van der Waals surface area contributed by atoms with Crippen molar-refractivity contribution in [3.63, 3.8) is 0 Å². The molecule has 0 unspecified atom stereocenters. The molecule has 0 aliphatic heterocycles. The summed E-state index contributed by atoms with van der Waals surface area (Å²) < 4.78 is 23.7. The highest BCUT2D eigenvalue weighted by molar-refractivity contribution is 5.91. The average Bonchev–Trinajstić information content (AvgIpc) is 2.85. The molecule has 0 saturated heterocycles. The highest BCUT2D eigenvalue weighted by Gasteiger charge is 2.13. The van der Waals surface area contributed by atoms with Gasteiger partial charge >= 0.3 is 23.9 Å². The molecule has 2 rings (SSSR count). The van der Waals surface area contributed by atoms with Crippen LogP contribution in [0.5, 0.6) is 5.75 Å². The van der Waals surface area contributed by atoms with Gasteiger partial charge in [-0.1, -0.05) is 0 Å². The molecule has 2 aromatic rings. The Morgan fingerprint density at radius 3 is 1.65 bits per heavy atom. The van der Waals surface area contributed by atoms with Gasteiger partial charge in [-0.25, -0.2) is 24.0 Å². The van der Waals surface area contributed by atoms with E-state index in [0.29, 0.717) is 5.69 Å². The zero-order valence-electron chi connectivity index (χ0n) is 17.4. The molecule has 0 saturated carbocycles. The average molecular weight is 468 g/mol. The van der Waals surface area contributed by atoms with Crippen LogP contribution in [0.2, 0.25) is 0 Å². The van der Waals surface area contributed by atoms with Crippen molar-refractivity contribution < 1.29 is 47.7 Å². The van der Waals surface area contributed by atoms with Crippen molar-refractivity contribution in [2.75, 3.05) is 26.4 Å². The fraction of sp³-hybridized carbons (Fsp3) is 0.182. The van der Waals surface area contributed by atoms with Crippen molar-refractivity contribution in [3.05, 3.63) is 59.7 Å². The SMILES string of the molecule is N#COc1ccc(C(=O)OCC(=O)OCCOC(=O)COC(=O)c2ccc(N=C=O)cc2)cc1. The summed E-state index contributed by atoms with van der Waals surface area (Å²) in [7, 11) is 0. The third-order valence-electron chi connectivity index (χ3n) is 3.78. The Kier molecular flexibility index (Phi) is 9.96. The molecule has 0 N–H and O–H groups in total. The van der Waals surface area contributed by atoms with Crippen molar-refractivity contribution in [2.45, 2.75) is 0 Å². The number of ether oxygens (including phenoxy) is 5. The van der Waals surface area contributed by atoms with Crippen LogP contribution in [0.15, 0.2) is 53.5 Å². The number of hydrogen-bond donors (Lipinski definition) is 0. The Hall–Kier alpha value is -5.01. The lowest BCUT2D eigenvalue weighted by molar-refractivity contribution is -0.155. The molecule has 0 bridgehead atoms. The lowest BCUT2D eigenvalue weighted by Gasteiger charge is -2.08. The third kappa shape index (κ3) is 8.62. The minimum Gasteiger partial charge on any atom is -0.460 e. The van der Waals surface area contributed by atoms with Crippen LogP contribution in [0.3, 0.4) is 0 Å². The molecule has 0 fully saturated rings. The number of aliphatic imine (C=N–C) groups is 1. The van der Waals surface area contributed by atoms with Crippen LogP contribution in [-0.4, -0.2) is 56.4 Å². The van der Waals surface area contributed by atoms with Crippen LogP contribution in [0, 0.1) is 11.5 Å². The monoisotopic (exact) mass is 468 g/mol. The first-order chi connectivity index (χ1) is 16.4. The summed E-state index contributed by atoms with van der Waals surface area (Å²) in [5.41, 5.74) is 0.565. The van der Waals surface area contributed by atoms with Crippen molar-refractivity contribution in [1.82, 2.24) is 0 Å². The predicted octanol–water partition coefficient (Wildman–Crippen LogP) is 1.61. The number of carbonyl (C=O) groups excluding carboxylic acids is 5. The van der Waals surface area contributed by atoms with E-state index in [0.717, 1.165) is 0 Å². The van der Waals surface area contributed by atoms with Gasteiger partial charge in [-0.15, -0.1) is 5.26 Å². The molecule has 0 spiro atoms. The number of esters is 4. The number of carbonyl (C=O) groups is 4. The minimum absolute atomic E-state index is 0.131. The third-order valence-corrected chi connectivity index (χ3v) is 3.78. The molecular weight excluding hydrogens is 452 g/mol. The van der Waals surface area contributed by atoms with Crippen LogP contribution in [0.25, 0.3) is 0 Å². The molecule has 0 aliphatic carbocycles. The maximum atomic E-state index is 11.8. The summed E-state index contributed by atoms with van der Waals surface area (Å²) in [6, 6.07) is 11.0. The molecular formula is C22H16N2O10. The molecule has 0 radical (unpaired) electrons. The fourth-order valence-corrected chi connectivity index (χ4v) is 2.25. The van der Waals surface area contributed by atoms with E-state index in [9.17, 15) is 24.0 Å². The molecule has 12 nitrogen and oxygen atoms in total. The summed E-state index contributed by atoms with van der Waals surface area (Å²) >= 11 is 0. The van der Waals surface area contributed by atoms with Crippen molar-refractivity contribution >= 4 is 35.6 Å². The summed E-state index contributed by atoms with van der Waals surface area (Å²) in [6.45, 7) is -1.96. The second kappa shape index (κ2) is 13.4. The first kappa shape index (κ1) is 25.3. The molecule has 0 heterocycles. The van der Waals surface area contributed by atoms with Gasteiger partial charge in [0.2, 0.25) is 6.08 Å². The van der Waals surface area contributed by atoms with E-state index in [1.54, 1.807) is 0 Å². The summed E-state index contributed by atoms with van der Waals surface area (Å²) in [5.74, 6) is -3.09. The zero-order chi connectivity index (χ0) is 24.8. The lowest BCUT2D eigenvalue weighted by Crippen LogP contribution is -2.21. The molecule has 34 heavy (non-hydrogen) atoms. The Labute approximate surface area is 192 Å². The Bertz CT molecular complexity index is 1110. The largest absolute Gasteiger partial charge is 0.460 e. The number of nitrogens with zero attached hydrogens (tertiary/aromatic N) is 2. The standard InChI is InChI=1S/C22H16N2O10/c23-13-34-18-7-3-16(4-8-18)22(29)33-12-20(27)31-10-9-30-19(26)11-32-21(28)15-1-5-17(6-2-15)24-14-25/h1-8H,9-12H2. The van der Waals surface area contributed by atoms with Crippen LogP contribution in [0.1, 0.15) is 20.7 Å². The van der Waals surface area contributed by atoms with Crippen molar-refractivity contribution in [3.8, 4) is 12.0 Å². The number of rotatable bonds is 11. The summed E-state index contributed by atoms with van der Waals surface area (Å²) in [6.07, 6.45) is 2.84. The van der Waals surface area contributed by atoms with Gasteiger partial charge in [0.15, 0.2) is 13.2 Å². The van der Waals surface area contributed by atoms with Crippen molar-refractivity contribution in [1.29, 1.82) is 5.26 Å². The van der Waals surface area contributed by atoms with E-state index in [1.807, 2.05) is 0 Å². The lowest BCUT2D eigenvalue weighted by atomic mass is 10.2.